The molecule has 0 aromatic carbocycles. The molecule has 0 bridgehead atoms. The predicted octanol–water partition coefficient (Wildman–Crippen LogP) is -2.15. The second kappa shape index (κ2) is 6.46. The molecule has 0 saturated carbocycles. The number of hydrogen-bond acceptors (Lipinski definition) is 2. The summed E-state index contributed by atoms with van der Waals surface area (Å²) in [5.74, 6) is -0.150. The highest BCUT2D eigenvalue weighted by Crippen LogP contribution is 1.77. The topological polar surface area (TPSA) is 135 Å². The average Bonchev–Trinajstić information content (AvgIpc) is 2.10. The van der Waals surface area contributed by atoms with Crippen LogP contribution < -0.4 is 22.5 Å². The third-order valence-corrected chi connectivity index (χ3v) is 1.31. The summed E-state index contributed by atoms with van der Waals surface area (Å²) < 4.78 is 0. The molecule has 0 aliphatic rings. The molecular weight excluding hydrogens is 198 g/mol. The quantitative estimate of drug-likeness (QED) is 0.242. The Kier molecular flexibility index (Phi) is 5.60. The SMILES string of the molecule is CN(C)C(=O)NCCN=C(N)N=C(N)N. The van der Waals surface area contributed by atoms with Crippen LogP contribution in [0.3, 0.4) is 0 Å². The number of hydrogen-bond donors (Lipinski definition) is 4. The Hall–Kier alpha value is -1.99. The molecule has 0 rings (SSSR count). The van der Waals surface area contributed by atoms with Gasteiger partial charge in [0.2, 0.25) is 5.96 Å². The van der Waals surface area contributed by atoms with Crippen LogP contribution >= 0.6 is 0 Å². The molecule has 0 saturated heterocycles. The number of aliphatic imine (C=N–C) groups is 2. The van der Waals surface area contributed by atoms with E-state index in [1.807, 2.05) is 0 Å². The van der Waals surface area contributed by atoms with Crippen molar-refractivity contribution in [1.29, 1.82) is 0 Å². The van der Waals surface area contributed by atoms with Gasteiger partial charge in [-0.25, -0.2) is 9.79 Å². The summed E-state index contributed by atoms with van der Waals surface area (Å²) in [6.07, 6.45) is 0. The summed E-state index contributed by atoms with van der Waals surface area (Å²) in [4.78, 5) is 19.8. The van der Waals surface area contributed by atoms with Crippen LogP contribution in [0.2, 0.25) is 0 Å². The summed E-state index contributed by atoms with van der Waals surface area (Å²) in [6.45, 7) is 0.694. The Morgan fingerprint density at radius 1 is 1.33 bits per heavy atom. The van der Waals surface area contributed by atoms with Crippen LogP contribution in [-0.2, 0) is 0 Å². The van der Waals surface area contributed by atoms with E-state index >= 15 is 0 Å². The zero-order valence-electron chi connectivity index (χ0n) is 8.90. The minimum Gasteiger partial charge on any atom is -0.370 e. The predicted molar refractivity (Wildman–Crippen MR) is 59.4 cm³/mol. The first-order valence-electron chi connectivity index (χ1n) is 4.28. The van der Waals surface area contributed by atoms with Crippen molar-refractivity contribution >= 4 is 18.0 Å². The lowest BCUT2D eigenvalue weighted by Crippen LogP contribution is -2.36. The van der Waals surface area contributed by atoms with Crippen molar-refractivity contribution in [2.45, 2.75) is 0 Å². The maximum atomic E-state index is 11.0. The van der Waals surface area contributed by atoms with Gasteiger partial charge in [-0.05, 0) is 0 Å². The van der Waals surface area contributed by atoms with Gasteiger partial charge in [0, 0.05) is 20.6 Å². The Bertz CT molecular complexity index is 267. The summed E-state index contributed by atoms with van der Waals surface area (Å²) in [6, 6.07) is -0.189. The molecule has 0 radical (unpaired) electrons. The first kappa shape index (κ1) is 13.0. The number of amides is 2. The highest BCUT2D eigenvalue weighted by atomic mass is 16.2. The molecule has 0 atom stereocenters. The zero-order valence-corrected chi connectivity index (χ0v) is 8.90. The van der Waals surface area contributed by atoms with Crippen molar-refractivity contribution < 1.29 is 4.79 Å². The first-order chi connectivity index (χ1) is 6.93. The number of urea groups is 1. The largest absolute Gasteiger partial charge is 0.370 e. The zero-order chi connectivity index (χ0) is 11.8. The number of nitrogens with one attached hydrogen (secondary N) is 1. The highest BCUT2D eigenvalue weighted by molar-refractivity contribution is 5.92. The second-order valence-electron chi connectivity index (χ2n) is 2.90. The smallest absolute Gasteiger partial charge is 0.316 e. The summed E-state index contributed by atoms with van der Waals surface area (Å²) in [5.41, 5.74) is 15.5. The maximum Gasteiger partial charge on any atom is 0.316 e. The second-order valence-corrected chi connectivity index (χ2v) is 2.90. The summed E-state index contributed by atoms with van der Waals surface area (Å²) in [7, 11) is 3.29. The molecule has 0 aromatic heterocycles. The van der Waals surface area contributed by atoms with Gasteiger partial charge in [-0.1, -0.05) is 0 Å². The van der Waals surface area contributed by atoms with Crippen LogP contribution in [0, 0.1) is 0 Å². The lowest BCUT2D eigenvalue weighted by molar-refractivity contribution is 0.218. The lowest BCUT2D eigenvalue weighted by atomic mass is 10.6. The Morgan fingerprint density at radius 2 is 1.93 bits per heavy atom. The van der Waals surface area contributed by atoms with E-state index in [1.54, 1.807) is 14.1 Å². The molecule has 0 aromatic rings. The Morgan fingerprint density at radius 3 is 2.40 bits per heavy atom. The minimum absolute atomic E-state index is 0.00546. The van der Waals surface area contributed by atoms with Gasteiger partial charge in [-0.3, -0.25) is 0 Å². The standard InChI is InChI=1S/C7H17N7O/c1-14(2)7(15)12-4-3-11-6(10)13-5(8)9/h3-4H2,1-2H3,(H,12,15)(H6,8,9,10,11,13). The molecule has 8 nitrogen and oxygen atoms in total. The molecule has 0 heterocycles. The van der Waals surface area contributed by atoms with Crippen molar-refractivity contribution in [2.24, 2.45) is 27.2 Å². The molecule has 8 heteroatoms. The van der Waals surface area contributed by atoms with Gasteiger partial charge in [-0.2, -0.15) is 4.99 Å². The Labute approximate surface area is 88.2 Å². The fourth-order valence-corrected chi connectivity index (χ4v) is 0.659. The summed E-state index contributed by atoms with van der Waals surface area (Å²) in [5, 5.41) is 2.60. The van der Waals surface area contributed by atoms with Gasteiger partial charge in [-0.15, -0.1) is 0 Å². The first-order valence-corrected chi connectivity index (χ1v) is 4.28. The van der Waals surface area contributed by atoms with Crippen molar-refractivity contribution in [1.82, 2.24) is 10.2 Å². The molecule has 0 fully saturated rings. The van der Waals surface area contributed by atoms with Gasteiger partial charge in [0.25, 0.3) is 0 Å². The average molecular weight is 215 g/mol. The third kappa shape index (κ3) is 7.11. The van der Waals surface area contributed by atoms with Gasteiger partial charge in [0.15, 0.2) is 5.96 Å². The van der Waals surface area contributed by atoms with Gasteiger partial charge < -0.3 is 27.4 Å². The van der Waals surface area contributed by atoms with E-state index in [1.165, 1.54) is 4.90 Å². The van der Waals surface area contributed by atoms with E-state index in [0.29, 0.717) is 13.1 Å². The number of nitrogens with two attached hydrogens (primary N) is 3. The molecule has 2 amide bonds. The normalized spacial score (nSPS) is 10.7. The van der Waals surface area contributed by atoms with E-state index in [9.17, 15) is 4.79 Å². The maximum absolute atomic E-state index is 11.0. The van der Waals surface area contributed by atoms with Crippen LogP contribution in [0.5, 0.6) is 0 Å². The van der Waals surface area contributed by atoms with E-state index < -0.39 is 0 Å². The van der Waals surface area contributed by atoms with Gasteiger partial charge >= 0.3 is 6.03 Å². The number of carbonyl (C=O) groups is 1. The van der Waals surface area contributed by atoms with E-state index in [4.69, 9.17) is 17.2 Å². The van der Waals surface area contributed by atoms with Crippen molar-refractivity contribution in [3.05, 3.63) is 0 Å². The molecule has 0 unspecified atom stereocenters. The van der Waals surface area contributed by atoms with Crippen molar-refractivity contribution in [3.8, 4) is 0 Å². The summed E-state index contributed by atoms with van der Waals surface area (Å²) >= 11 is 0. The molecular formula is C7H17N7O. The highest BCUT2D eigenvalue weighted by Gasteiger charge is 1.99. The lowest BCUT2D eigenvalue weighted by Gasteiger charge is -2.10. The Balaban J connectivity index is 3.80. The third-order valence-electron chi connectivity index (χ3n) is 1.31. The van der Waals surface area contributed by atoms with Crippen LogP contribution in [0.25, 0.3) is 0 Å². The van der Waals surface area contributed by atoms with E-state index in [0.717, 1.165) is 0 Å². The monoisotopic (exact) mass is 215 g/mol. The van der Waals surface area contributed by atoms with Gasteiger partial charge in [0.05, 0.1) is 6.54 Å². The molecule has 86 valence electrons. The minimum atomic E-state index is -0.189. The molecule has 0 aliphatic carbocycles. The van der Waals surface area contributed by atoms with Crippen molar-refractivity contribution in [2.75, 3.05) is 27.2 Å². The molecule has 0 spiro atoms. The van der Waals surface area contributed by atoms with E-state index in [-0.39, 0.29) is 18.0 Å². The van der Waals surface area contributed by atoms with Crippen molar-refractivity contribution in [3.63, 3.8) is 0 Å². The molecule has 0 aliphatic heterocycles. The number of rotatable bonds is 3. The fraction of sp³-hybridized carbons (Fsp3) is 0.571. The van der Waals surface area contributed by atoms with Crippen LogP contribution in [0.15, 0.2) is 9.98 Å². The number of nitrogens with zero attached hydrogens (tertiary/aromatic N) is 3. The number of guanidine groups is 2. The molecule has 7 N–H and O–H groups in total. The molecule has 15 heavy (non-hydrogen) atoms. The van der Waals surface area contributed by atoms with Crippen LogP contribution in [0.4, 0.5) is 4.79 Å². The van der Waals surface area contributed by atoms with Gasteiger partial charge in [0.1, 0.15) is 0 Å². The van der Waals surface area contributed by atoms with Crippen LogP contribution in [-0.4, -0.2) is 50.0 Å². The number of carbonyl (C=O) groups excluding carboxylic acids is 1. The van der Waals surface area contributed by atoms with Crippen LogP contribution in [0.1, 0.15) is 0 Å². The van der Waals surface area contributed by atoms with E-state index in [2.05, 4.69) is 15.3 Å². The fourth-order valence-electron chi connectivity index (χ4n) is 0.659.